The van der Waals surface area contributed by atoms with Gasteiger partial charge in [-0.15, -0.1) is 0 Å². The van der Waals surface area contributed by atoms with Crippen LogP contribution in [0, 0.1) is 0 Å². The molecule has 0 saturated heterocycles. The number of halogens is 1. The number of rotatable bonds is 2. The summed E-state index contributed by atoms with van der Waals surface area (Å²) in [5.74, 6) is 0.398. The number of carbonyl (C=O) groups is 1. The molecule has 0 radical (unpaired) electrons. The van der Waals surface area contributed by atoms with Crippen LogP contribution in [0.3, 0.4) is 0 Å². The summed E-state index contributed by atoms with van der Waals surface area (Å²) in [5, 5.41) is -0.549. The van der Waals surface area contributed by atoms with Crippen molar-refractivity contribution in [1.29, 1.82) is 0 Å². The summed E-state index contributed by atoms with van der Waals surface area (Å²) in [7, 11) is 1.46. The van der Waals surface area contributed by atoms with Crippen molar-refractivity contribution < 1.29 is 9.53 Å². The van der Waals surface area contributed by atoms with E-state index in [4.69, 9.17) is 22.1 Å². The van der Waals surface area contributed by atoms with Crippen LogP contribution >= 0.6 is 11.6 Å². The van der Waals surface area contributed by atoms with Crippen LogP contribution in [0.2, 0.25) is 0 Å². The Morgan fingerprint density at radius 1 is 1.58 bits per heavy atom. The van der Waals surface area contributed by atoms with E-state index in [9.17, 15) is 4.79 Å². The van der Waals surface area contributed by atoms with Gasteiger partial charge in [-0.3, -0.25) is 4.79 Å². The molecule has 3 nitrogen and oxygen atoms in total. The lowest BCUT2D eigenvalue weighted by atomic mass is 10.2. The fourth-order valence-corrected chi connectivity index (χ4v) is 1.03. The van der Waals surface area contributed by atoms with Crippen molar-refractivity contribution in [2.24, 2.45) is 0 Å². The van der Waals surface area contributed by atoms with Crippen molar-refractivity contribution in [2.75, 3.05) is 12.8 Å². The lowest BCUT2D eigenvalue weighted by Crippen LogP contribution is -1.96. The quantitative estimate of drug-likeness (QED) is 0.563. The molecule has 0 heterocycles. The van der Waals surface area contributed by atoms with Gasteiger partial charge in [-0.25, -0.2) is 0 Å². The van der Waals surface area contributed by atoms with E-state index in [0.29, 0.717) is 17.0 Å². The Bertz CT molecular complexity index is 312. The Morgan fingerprint density at radius 3 is 2.75 bits per heavy atom. The SMILES string of the molecule is COc1cc(N)ccc1C(=O)Cl. The smallest absolute Gasteiger partial charge is 0.256 e. The van der Waals surface area contributed by atoms with Crippen LogP contribution in [0.4, 0.5) is 5.69 Å². The average Bonchev–Trinajstić information content (AvgIpc) is 2.03. The normalized spacial score (nSPS) is 9.50. The summed E-state index contributed by atoms with van der Waals surface area (Å²) in [6.07, 6.45) is 0. The molecule has 0 aromatic heterocycles. The van der Waals surface area contributed by atoms with Gasteiger partial charge >= 0.3 is 0 Å². The maximum Gasteiger partial charge on any atom is 0.256 e. The van der Waals surface area contributed by atoms with E-state index in [1.807, 2.05) is 0 Å². The Labute approximate surface area is 75.1 Å². The first-order valence-corrected chi connectivity index (χ1v) is 3.66. The van der Waals surface area contributed by atoms with Gasteiger partial charge in [-0.2, -0.15) is 0 Å². The highest BCUT2D eigenvalue weighted by Gasteiger charge is 2.08. The molecule has 4 heteroatoms. The third kappa shape index (κ3) is 1.68. The molecule has 0 atom stereocenters. The molecule has 12 heavy (non-hydrogen) atoms. The first kappa shape index (κ1) is 8.87. The van der Waals surface area contributed by atoms with E-state index < -0.39 is 5.24 Å². The van der Waals surface area contributed by atoms with Crippen LogP contribution in [0.1, 0.15) is 10.4 Å². The third-order valence-electron chi connectivity index (χ3n) is 1.44. The van der Waals surface area contributed by atoms with Crippen molar-refractivity contribution in [3.8, 4) is 5.75 Å². The van der Waals surface area contributed by atoms with Gasteiger partial charge in [0.1, 0.15) is 5.75 Å². The predicted molar refractivity (Wildman–Crippen MR) is 47.6 cm³/mol. The van der Waals surface area contributed by atoms with Gasteiger partial charge in [-0.1, -0.05) is 0 Å². The third-order valence-corrected chi connectivity index (χ3v) is 1.64. The fourth-order valence-electron chi connectivity index (χ4n) is 0.870. The zero-order chi connectivity index (χ0) is 9.14. The molecule has 0 bridgehead atoms. The van der Waals surface area contributed by atoms with E-state index in [-0.39, 0.29) is 0 Å². The summed E-state index contributed by atoms with van der Waals surface area (Å²) < 4.78 is 4.90. The topological polar surface area (TPSA) is 52.3 Å². The van der Waals surface area contributed by atoms with Gasteiger partial charge in [0.05, 0.1) is 12.7 Å². The molecule has 0 aliphatic rings. The number of hydrogen-bond donors (Lipinski definition) is 1. The van der Waals surface area contributed by atoms with E-state index in [0.717, 1.165) is 0 Å². The minimum Gasteiger partial charge on any atom is -0.496 e. The predicted octanol–water partition coefficient (Wildman–Crippen LogP) is 1.66. The largest absolute Gasteiger partial charge is 0.496 e. The van der Waals surface area contributed by atoms with Crippen LogP contribution in [-0.2, 0) is 0 Å². The molecule has 1 aromatic carbocycles. The first-order valence-electron chi connectivity index (χ1n) is 3.28. The molecular weight excluding hydrogens is 178 g/mol. The van der Waals surface area contributed by atoms with Gasteiger partial charge in [0.25, 0.3) is 5.24 Å². The van der Waals surface area contributed by atoms with Crippen molar-refractivity contribution in [1.82, 2.24) is 0 Å². The van der Waals surface area contributed by atoms with Crippen molar-refractivity contribution in [3.05, 3.63) is 23.8 Å². The van der Waals surface area contributed by atoms with E-state index in [1.54, 1.807) is 12.1 Å². The summed E-state index contributed by atoms with van der Waals surface area (Å²) in [5.41, 5.74) is 6.33. The number of nitrogens with two attached hydrogens (primary N) is 1. The second-order valence-corrected chi connectivity index (χ2v) is 2.58. The second-order valence-electron chi connectivity index (χ2n) is 2.23. The van der Waals surface area contributed by atoms with Crippen LogP contribution in [0.25, 0.3) is 0 Å². The highest BCUT2D eigenvalue weighted by molar-refractivity contribution is 6.68. The number of ether oxygens (including phenoxy) is 1. The summed E-state index contributed by atoms with van der Waals surface area (Å²) in [6.45, 7) is 0. The zero-order valence-electron chi connectivity index (χ0n) is 6.50. The molecule has 0 saturated carbocycles. The van der Waals surface area contributed by atoms with Crippen LogP contribution in [0.15, 0.2) is 18.2 Å². The van der Waals surface area contributed by atoms with Gasteiger partial charge in [0.2, 0.25) is 0 Å². The molecular formula is C8H8ClNO2. The maximum absolute atomic E-state index is 10.8. The summed E-state index contributed by atoms with van der Waals surface area (Å²) >= 11 is 5.28. The van der Waals surface area contributed by atoms with Crippen LogP contribution in [-0.4, -0.2) is 12.4 Å². The number of hydrogen-bond acceptors (Lipinski definition) is 3. The van der Waals surface area contributed by atoms with E-state index in [2.05, 4.69) is 0 Å². The fraction of sp³-hybridized carbons (Fsp3) is 0.125. The Kier molecular flexibility index (Phi) is 2.55. The zero-order valence-corrected chi connectivity index (χ0v) is 7.26. The average molecular weight is 186 g/mol. The number of carbonyl (C=O) groups excluding carboxylic acids is 1. The van der Waals surface area contributed by atoms with E-state index in [1.165, 1.54) is 13.2 Å². The second kappa shape index (κ2) is 3.45. The monoisotopic (exact) mass is 185 g/mol. The minimum atomic E-state index is -0.549. The molecule has 0 aliphatic heterocycles. The number of anilines is 1. The van der Waals surface area contributed by atoms with Gasteiger partial charge in [0, 0.05) is 11.8 Å². The number of benzene rings is 1. The summed E-state index contributed by atoms with van der Waals surface area (Å²) in [6, 6.07) is 4.68. The molecule has 0 spiro atoms. The molecule has 0 unspecified atom stereocenters. The summed E-state index contributed by atoms with van der Waals surface area (Å²) in [4.78, 5) is 10.8. The van der Waals surface area contributed by atoms with Crippen molar-refractivity contribution >= 4 is 22.5 Å². The Balaban J connectivity index is 3.20. The number of nitrogen functional groups attached to an aromatic ring is 1. The molecule has 0 aliphatic carbocycles. The Hall–Kier alpha value is -1.22. The van der Waals surface area contributed by atoms with Crippen molar-refractivity contribution in [3.63, 3.8) is 0 Å². The van der Waals surface area contributed by atoms with Gasteiger partial charge in [0.15, 0.2) is 0 Å². The molecule has 0 fully saturated rings. The van der Waals surface area contributed by atoms with Crippen molar-refractivity contribution in [2.45, 2.75) is 0 Å². The molecule has 2 N–H and O–H groups in total. The van der Waals surface area contributed by atoms with Crippen LogP contribution < -0.4 is 10.5 Å². The molecule has 64 valence electrons. The standard InChI is InChI=1S/C8H8ClNO2/c1-12-7-4-5(10)2-3-6(7)8(9)11/h2-4H,10H2,1H3. The molecule has 1 aromatic rings. The van der Waals surface area contributed by atoms with E-state index >= 15 is 0 Å². The molecule has 0 amide bonds. The minimum absolute atomic E-state index is 0.327. The molecule has 1 rings (SSSR count). The lowest BCUT2D eigenvalue weighted by Gasteiger charge is -2.04. The maximum atomic E-state index is 10.8. The van der Waals surface area contributed by atoms with Gasteiger partial charge in [-0.05, 0) is 23.7 Å². The Morgan fingerprint density at radius 2 is 2.25 bits per heavy atom. The van der Waals surface area contributed by atoms with Crippen LogP contribution in [0.5, 0.6) is 5.75 Å². The number of methoxy groups -OCH3 is 1. The van der Waals surface area contributed by atoms with Gasteiger partial charge < -0.3 is 10.5 Å². The first-order chi connectivity index (χ1) is 5.65. The highest BCUT2D eigenvalue weighted by atomic mass is 35.5. The highest BCUT2D eigenvalue weighted by Crippen LogP contribution is 2.22. The lowest BCUT2D eigenvalue weighted by molar-refractivity contribution is 0.107.